The van der Waals surface area contributed by atoms with Crippen LogP contribution in [0.1, 0.15) is 10.5 Å². The number of hydrogen-bond acceptors (Lipinski definition) is 3. The minimum Gasteiger partial charge on any atom is -0.497 e. The van der Waals surface area contributed by atoms with E-state index in [0.717, 1.165) is 22.3 Å². The van der Waals surface area contributed by atoms with E-state index in [9.17, 15) is 4.79 Å². The molecule has 1 N–H and O–H groups in total. The number of methoxy groups -OCH3 is 1. The van der Waals surface area contributed by atoms with Crippen molar-refractivity contribution in [1.29, 1.82) is 0 Å². The van der Waals surface area contributed by atoms with E-state index < -0.39 is 5.97 Å². The molecule has 6 heteroatoms. The minimum atomic E-state index is -0.989. The van der Waals surface area contributed by atoms with Crippen LogP contribution in [0.4, 0.5) is 0 Å². The van der Waals surface area contributed by atoms with Crippen molar-refractivity contribution in [3.05, 3.63) is 36.0 Å². The lowest BCUT2D eigenvalue weighted by atomic mass is 10.2. The summed E-state index contributed by atoms with van der Waals surface area (Å²) in [6.07, 6.45) is 0. The molecule has 0 bridgehead atoms. The number of aromatic carboxylic acids is 1. The van der Waals surface area contributed by atoms with Gasteiger partial charge < -0.3 is 14.4 Å². The third-order valence-corrected chi connectivity index (χ3v) is 3.61. The highest BCUT2D eigenvalue weighted by Gasteiger charge is 2.16. The van der Waals surface area contributed by atoms with Gasteiger partial charge in [-0.1, -0.05) is 0 Å². The van der Waals surface area contributed by atoms with E-state index in [-0.39, 0.29) is 5.69 Å². The Kier molecular flexibility index (Phi) is 2.94. The van der Waals surface area contributed by atoms with Crippen molar-refractivity contribution in [3.63, 3.8) is 0 Å². The van der Waals surface area contributed by atoms with Crippen LogP contribution in [-0.2, 0) is 14.1 Å². The highest BCUT2D eigenvalue weighted by atomic mass is 16.5. The number of hydrogen-bond donors (Lipinski definition) is 1. The molecule has 0 radical (unpaired) electrons. The lowest BCUT2D eigenvalue weighted by molar-refractivity contribution is 0.0685. The number of rotatable bonds is 3. The molecule has 0 aliphatic rings. The second-order valence-electron chi connectivity index (χ2n) is 4.86. The van der Waals surface area contributed by atoms with Gasteiger partial charge in [0.05, 0.1) is 12.8 Å². The first-order chi connectivity index (χ1) is 10.0. The molecule has 0 saturated carbocycles. The van der Waals surface area contributed by atoms with Gasteiger partial charge in [0.25, 0.3) is 0 Å². The van der Waals surface area contributed by atoms with E-state index in [4.69, 9.17) is 9.84 Å². The van der Waals surface area contributed by atoms with Gasteiger partial charge in [-0.15, -0.1) is 0 Å². The van der Waals surface area contributed by atoms with Crippen LogP contribution in [0.25, 0.3) is 22.3 Å². The molecule has 0 fully saturated rings. The van der Waals surface area contributed by atoms with Crippen LogP contribution in [0.2, 0.25) is 0 Å². The lowest BCUT2D eigenvalue weighted by Crippen LogP contribution is -2.04. The van der Waals surface area contributed by atoms with E-state index in [2.05, 4.69) is 5.10 Å². The second kappa shape index (κ2) is 4.66. The van der Waals surface area contributed by atoms with Crippen LogP contribution in [0.15, 0.2) is 30.3 Å². The average Bonchev–Trinajstić information content (AvgIpc) is 2.99. The molecule has 2 heterocycles. The number of benzene rings is 1. The smallest absolute Gasteiger partial charge is 0.354 e. The first kappa shape index (κ1) is 13.2. The summed E-state index contributed by atoms with van der Waals surface area (Å²) in [5, 5.41) is 14.4. The van der Waals surface area contributed by atoms with Crippen LogP contribution in [0, 0.1) is 0 Å². The summed E-state index contributed by atoms with van der Waals surface area (Å²) in [6, 6.07) is 9.37. The van der Waals surface area contributed by atoms with Gasteiger partial charge in [-0.2, -0.15) is 5.10 Å². The van der Waals surface area contributed by atoms with E-state index in [1.165, 1.54) is 4.68 Å². The molecule has 1 aromatic carbocycles. The summed E-state index contributed by atoms with van der Waals surface area (Å²) in [5.41, 5.74) is 2.69. The molecule has 0 aliphatic heterocycles. The number of aromatic nitrogens is 3. The van der Waals surface area contributed by atoms with E-state index in [1.54, 1.807) is 20.2 Å². The zero-order valence-corrected chi connectivity index (χ0v) is 12.0. The number of carbonyl (C=O) groups is 1. The molecule has 0 saturated heterocycles. The molecule has 6 nitrogen and oxygen atoms in total. The molecule has 0 unspecified atom stereocenters. The number of nitrogens with zero attached hydrogens (tertiary/aromatic N) is 3. The van der Waals surface area contributed by atoms with Crippen molar-refractivity contribution in [2.75, 3.05) is 7.11 Å². The number of carboxylic acids is 1. The van der Waals surface area contributed by atoms with E-state index >= 15 is 0 Å². The van der Waals surface area contributed by atoms with Crippen molar-refractivity contribution in [3.8, 4) is 17.1 Å². The SMILES string of the molecule is COc1ccc2c(c1)cc(-c1cc(C(=O)O)n(C)n1)n2C. The maximum atomic E-state index is 11.1. The van der Waals surface area contributed by atoms with Crippen LogP contribution in [0.3, 0.4) is 0 Å². The summed E-state index contributed by atoms with van der Waals surface area (Å²) < 4.78 is 8.58. The van der Waals surface area contributed by atoms with Crippen LogP contribution >= 0.6 is 0 Å². The number of aryl methyl sites for hydroxylation is 2. The summed E-state index contributed by atoms with van der Waals surface area (Å²) >= 11 is 0. The molecule has 0 amide bonds. The van der Waals surface area contributed by atoms with Gasteiger partial charge in [-0.05, 0) is 24.3 Å². The average molecular weight is 285 g/mol. The minimum absolute atomic E-state index is 0.160. The van der Waals surface area contributed by atoms with Crippen LogP contribution in [0.5, 0.6) is 5.75 Å². The highest BCUT2D eigenvalue weighted by molar-refractivity contribution is 5.90. The van der Waals surface area contributed by atoms with Crippen LogP contribution in [-0.4, -0.2) is 32.5 Å². The standard InChI is InChI=1S/C15H15N3O3/c1-17-12-5-4-10(21-3)6-9(12)7-13(17)11-8-14(15(19)20)18(2)16-11/h4-8H,1-3H3,(H,19,20). The van der Waals surface area contributed by atoms with Gasteiger partial charge >= 0.3 is 5.97 Å². The number of fused-ring (bicyclic) bond motifs is 1. The van der Waals surface area contributed by atoms with Gasteiger partial charge in [0.15, 0.2) is 0 Å². The van der Waals surface area contributed by atoms with Gasteiger partial charge in [-0.25, -0.2) is 4.79 Å². The van der Waals surface area contributed by atoms with Crippen molar-refractivity contribution in [2.24, 2.45) is 14.1 Å². The van der Waals surface area contributed by atoms with Crippen molar-refractivity contribution >= 4 is 16.9 Å². The molecule has 3 aromatic rings. The molecule has 21 heavy (non-hydrogen) atoms. The Balaban J connectivity index is 2.18. The monoisotopic (exact) mass is 285 g/mol. The maximum Gasteiger partial charge on any atom is 0.354 e. The Bertz CT molecular complexity index is 845. The van der Waals surface area contributed by atoms with E-state index in [1.807, 2.05) is 35.9 Å². The van der Waals surface area contributed by atoms with Gasteiger partial charge in [0.1, 0.15) is 17.1 Å². The molecule has 2 aromatic heterocycles. The third-order valence-electron chi connectivity index (χ3n) is 3.61. The predicted octanol–water partition coefficient (Wildman–Crippen LogP) is 2.29. The van der Waals surface area contributed by atoms with Crippen molar-refractivity contribution in [1.82, 2.24) is 14.3 Å². The lowest BCUT2D eigenvalue weighted by Gasteiger charge is -2.02. The fraction of sp³-hybridized carbons (Fsp3) is 0.200. The predicted molar refractivity (Wildman–Crippen MR) is 78.6 cm³/mol. The second-order valence-corrected chi connectivity index (χ2v) is 4.86. The molecule has 0 aliphatic carbocycles. The quantitative estimate of drug-likeness (QED) is 0.801. The van der Waals surface area contributed by atoms with Gasteiger partial charge in [-0.3, -0.25) is 4.68 Å². The van der Waals surface area contributed by atoms with E-state index in [0.29, 0.717) is 5.69 Å². The zero-order chi connectivity index (χ0) is 15.1. The fourth-order valence-corrected chi connectivity index (χ4v) is 2.49. The Morgan fingerprint density at radius 2 is 2.00 bits per heavy atom. The fourth-order valence-electron chi connectivity index (χ4n) is 2.49. The summed E-state index contributed by atoms with van der Waals surface area (Å²) in [4.78, 5) is 11.1. The summed E-state index contributed by atoms with van der Waals surface area (Å²) in [6.45, 7) is 0. The Labute approximate surface area is 121 Å². The third kappa shape index (κ3) is 2.05. The van der Waals surface area contributed by atoms with Gasteiger partial charge in [0.2, 0.25) is 0 Å². The topological polar surface area (TPSA) is 69.3 Å². The largest absolute Gasteiger partial charge is 0.497 e. The molecule has 108 valence electrons. The molecular weight excluding hydrogens is 270 g/mol. The normalized spacial score (nSPS) is 11.0. The Morgan fingerprint density at radius 1 is 1.24 bits per heavy atom. The highest BCUT2D eigenvalue weighted by Crippen LogP contribution is 2.29. The van der Waals surface area contributed by atoms with Crippen LogP contribution < -0.4 is 4.74 Å². The molecular formula is C15H15N3O3. The Morgan fingerprint density at radius 3 is 2.62 bits per heavy atom. The molecule has 3 rings (SSSR count). The first-order valence-electron chi connectivity index (χ1n) is 6.42. The number of carboxylic acid groups (broad SMARTS) is 1. The number of ether oxygens (including phenoxy) is 1. The summed E-state index contributed by atoms with van der Waals surface area (Å²) in [7, 11) is 5.18. The first-order valence-corrected chi connectivity index (χ1v) is 6.42. The van der Waals surface area contributed by atoms with Gasteiger partial charge in [0, 0.05) is 31.1 Å². The Hall–Kier alpha value is -2.76. The maximum absolute atomic E-state index is 11.1. The van der Waals surface area contributed by atoms with Crippen molar-refractivity contribution < 1.29 is 14.6 Å². The molecule has 0 spiro atoms. The molecule has 0 atom stereocenters. The zero-order valence-electron chi connectivity index (χ0n) is 12.0. The summed E-state index contributed by atoms with van der Waals surface area (Å²) in [5.74, 6) is -0.205. The van der Waals surface area contributed by atoms with Crippen molar-refractivity contribution in [2.45, 2.75) is 0 Å².